The number of hydrogen-bond donors (Lipinski definition) is 1. The Kier molecular flexibility index (Phi) is 5.33. The normalized spacial score (nSPS) is 20.0. The quantitative estimate of drug-likeness (QED) is 0.463. The number of nitrogens with one attached hydrogen (secondary N) is 1. The van der Waals surface area contributed by atoms with Crippen molar-refractivity contribution in [2.45, 2.75) is 26.7 Å². The van der Waals surface area contributed by atoms with Crippen LogP contribution in [0.25, 0.3) is 0 Å². The molecule has 0 radical (unpaired) electrons. The van der Waals surface area contributed by atoms with Crippen LogP contribution in [0.1, 0.15) is 37.0 Å². The van der Waals surface area contributed by atoms with Gasteiger partial charge in [-0.25, -0.2) is 5.43 Å². The molecule has 0 unspecified atom stereocenters. The average molecular weight is 394 g/mol. The van der Waals surface area contributed by atoms with Crippen LogP contribution >= 0.6 is 22.6 Å². The maximum Gasteiger partial charge on any atom is 0.272 e. The zero-order valence-corrected chi connectivity index (χ0v) is 14.5. The van der Waals surface area contributed by atoms with E-state index in [1.807, 2.05) is 32.0 Å². The number of hydrazone groups is 1. The van der Waals surface area contributed by atoms with Gasteiger partial charge >= 0.3 is 0 Å². The molecule has 3 nitrogen and oxygen atoms in total. The molecule has 1 aromatic carbocycles. The third-order valence-electron chi connectivity index (χ3n) is 3.71. The van der Waals surface area contributed by atoms with Crippen molar-refractivity contribution >= 4 is 34.2 Å². The van der Waals surface area contributed by atoms with Crippen molar-refractivity contribution in [2.24, 2.45) is 11.0 Å². The number of nitrogens with zero attached hydrogens (tertiary/aromatic N) is 1. The van der Waals surface area contributed by atoms with Crippen LogP contribution in [0.5, 0.6) is 0 Å². The second-order valence-electron chi connectivity index (χ2n) is 5.35. The molecule has 1 N–H and O–H groups in total. The van der Waals surface area contributed by atoms with Gasteiger partial charge in [-0.2, -0.15) is 5.10 Å². The number of hydrogen-bond acceptors (Lipinski definition) is 2. The smallest absolute Gasteiger partial charge is 0.267 e. The number of carbonyl (C=O) groups is 1. The van der Waals surface area contributed by atoms with E-state index in [0.29, 0.717) is 11.5 Å². The topological polar surface area (TPSA) is 41.5 Å². The molecular formula is C17H19IN2O. The standard InChI is InChI=1S/C17H19IN2O/c1-11(2)13-9-8-12(3)16(10-13)19-20-17(21)14-6-4-5-7-15(14)18/h4-8,13H,1,9-10H2,2-3H3,(H,20,21)/b19-16+/t13-/m0/s1. The van der Waals surface area contributed by atoms with Gasteiger partial charge in [0.1, 0.15) is 0 Å². The summed E-state index contributed by atoms with van der Waals surface area (Å²) in [6, 6.07) is 7.48. The molecule has 0 bridgehead atoms. The zero-order chi connectivity index (χ0) is 15.4. The molecule has 0 saturated carbocycles. The van der Waals surface area contributed by atoms with Gasteiger partial charge in [0.05, 0.1) is 11.3 Å². The predicted molar refractivity (Wildman–Crippen MR) is 95.4 cm³/mol. The van der Waals surface area contributed by atoms with Crippen LogP contribution in [0, 0.1) is 9.49 Å². The van der Waals surface area contributed by atoms with E-state index < -0.39 is 0 Å². The lowest BCUT2D eigenvalue weighted by molar-refractivity contribution is 0.0954. The Labute approximate surface area is 139 Å². The Hall–Kier alpha value is -1.43. The summed E-state index contributed by atoms with van der Waals surface area (Å²) < 4.78 is 0.920. The molecule has 2 rings (SSSR count). The van der Waals surface area contributed by atoms with Gasteiger partial charge in [0.2, 0.25) is 0 Å². The number of amides is 1. The van der Waals surface area contributed by atoms with Crippen molar-refractivity contribution < 1.29 is 4.79 Å². The van der Waals surface area contributed by atoms with Gasteiger partial charge in [0, 0.05) is 3.57 Å². The summed E-state index contributed by atoms with van der Waals surface area (Å²) in [5, 5.41) is 4.32. The lowest BCUT2D eigenvalue weighted by Crippen LogP contribution is -2.23. The van der Waals surface area contributed by atoms with Crippen LogP contribution < -0.4 is 5.43 Å². The summed E-state index contributed by atoms with van der Waals surface area (Å²) in [4.78, 5) is 12.2. The average Bonchev–Trinajstić information content (AvgIpc) is 2.46. The molecule has 0 aliphatic heterocycles. The minimum absolute atomic E-state index is 0.169. The molecule has 1 aliphatic rings. The minimum Gasteiger partial charge on any atom is -0.267 e. The molecule has 1 aromatic rings. The number of carbonyl (C=O) groups excluding carboxylic acids is 1. The van der Waals surface area contributed by atoms with E-state index >= 15 is 0 Å². The lowest BCUT2D eigenvalue weighted by Gasteiger charge is -2.22. The van der Waals surface area contributed by atoms with Gasteiger partial charge in [0.15, 0.2) is 0 Å². The second kappa shape index (κ2) is 7.02. The lowest BCUT2D eigenvalue weighted by atomic mass is 9.85. The van der Waals surface area contributed by atoms with Gasteiger partial charge in [-0.05, 0) is 72.9 Å². The minimum atomic E-state index is -0.169. The first-order valence-electron chi connectivity index (χ1n) is 6.93. The molecule has 0 aromatic heterocycles. The van der Waals surface area contributed by atoms with Gasteiger partial charge < -0.3 is 0 Å². The van der Waals surface area contributed by atoms with Crippen LogP contribution in [-0.4, -0.2) is 11.6 Å². The van der Waals surface area contributed by atoms with Gasteiger partial charge in [-0.3, -0.25) is 4.79 Å². The molecule has 1 aliphatic carbocycles. The summed E-state index contributed by atoms with van der Waals surface area (Å²) in [7, 11) is 0. The SMILES string of the molecule is C=C(C)[C@H]1CC=C(C)/C(=N/NC(=O)c2ccccc2I)C1. The van der Waals surface area contributed by atoms with E-state index in [2.05, 4.69) is 45.8 Å². The highest BCUT2D eigenvalue weighted by atomic mass is 127. The van der Waals surface area contributed by atoms with E-state index in [1.165, 1.54) is 0 Å². The van der Waals surface area contributed by atoms with E-state index in [1.54, 1.807) is 6.07 Å². The van der Waals surface area contributed by atoms with Crippen molar-refractivity contribution in [3.05, 3.63) is 57.2 Å². The van der Waals surface area contributed by atoms with Gasteiger partial charge in [-0.1, -0.05) is 30.4 Å². The third kappa shape index (κ3) is 4.03. The molecule has 0 heterocycles. The number of rotatable bonds is 3. The predicted octanol–water partition coefficient (Wildman–Crippen LogP) is 4.31. The Morgan fingerprint density at radius 3 is 2.81 bits per heavy atom. The van der Waals surface area contributed by atoms with Crippen LogP contribution in [0.15, 0.2) is 53.2 Å². The molecule has 110 valence electrons. The van der Waals surface area contributed by atoms with Crippen LogP contribution in [0.2, 0.25) is 0 Å². The van der Waals surface area contributed by atoms with E-state index in [4.69, 9.17) is 0 Å². The Bertz CT molecular complexity index is 631. The molecule has 21 heavy (non-hydrogen) atoms. The summed E-state index contributed by atoms with van der Waals surface area (Å²) in [6.45, 7) is 8.10. The number of benzene rings is 1. The summed E-state index contributed by atoms with van der Waals surface area (Å²) in [6.07, 6.45) is 4.01. The summed E-state index contributed by atoms with van der Waals surface area (Å²) >= 11 is 2.15. The largest absolute Gasteiger partial charge is 0.272 e. The molecule has 1 atom stereocenters. The van der Waals surface area contributed by atoms with Gasteiger partial charge in [-0.15, -0.1) is 0 Å². The third-order valence-corrected chi connectivity index (χ3v) is 4.65. The number of allylic oxidation sites excluding steroid dienone is 3. The number of halogens is 1. The Balaban J connectivity index is 2.12. The fourth-order valence-corrected chi connectivity index (χ4v) is 2.88. The fourth-order valence-electron chi connectivity index (χ4n) is 2.25. The summed E-state index contributed by atoms with van der Waals surface area (Å²) in [5.74, 6) is 0.249. The zero-order valence-electron chi connectivity index (χ0n) is 12.3. The fraction of sp³-hybridized carbons (Fsp3) is 0.294. The van der Waals surface area contributed by atoms with Crippen LogP contribution in [0.4, 0.5) is 0 Å². The monoisotopic (exact) mass is 394 g/mol. The highest BCUT2D eigenvalue weighted by Gasteiger charge is 2.19. The first-order chi connectivity index (χ1) is 9.99. The first-order valence-corrected chi connectivity index (χ1v) is 8.01. The Morgan fingerprint density at radius 1 is 1.43 bits per heavy atom. The molecule has 0 saturated heterocycles. The van der Waals surface area contributed by atoms with Crippen molar-refractivity contribution in [1.82, 2.24) is 5.43 Å². The molecule has 0 fully saturated rings. The van der Waals surface area contributed by atoms with Crippen molar-refractivity contribution in [3.8, 4) is 0 Å². The van der Waals surface area contributed by atoms with Gasteiger partial charge in [0.25, 0.3) is 5.91 Å². The van der Waals surface area contributed by atoms with Crippen LogP contribution in [-0.2, 0) is 0 Å². The highest BCUT2D eigenvalue weighted by molar-refractivity contribution is 14.1. The van der Waals surface area contributed by atoms with Crippen LogP contribution in [0.3, 0.4) is 0 Å². The van der Waals surface area contributed by atoms with Crippen molar-refractivity contribution in [2.75, 3.05) is 0 Å². The first kappa shape index (κ1) is 15.9. The van der Waals surface area contributed by atoms with Crippen molar-refractivity contribution in [1.29, 1.82) is 0 Å². The summed E-state index contributed by atoms with van der Waals surface area (Å²) in [5.41, 5.74) is 6.56. The molecular weight excluding hydrogens is 375 g/mol. The van der Waals surface area contributed by atoms with E-state index in [9.17, 15) is 4.79 Å². The highest BCUT2D eigenvalue weighted by Crippen LogP contribution is 2.26. The van der Waals surface area contributed by atoms with E-state index in [-0.39, 0.29) is 5.91 Å². The molecule has 0 spiro atoms. The van der Waals surface area contributed by atoms with E-state index in [0.717, 1.165) is 33.3 Å². The van der Waals surface area contributed by atoms with Crippen molar-refractivity contribution in [3.63, 3.8) is 0 Å². The molecule has 4 heteroatoms. The Morgan fingerprint density at radius 2 is 2.14 bits per heavy atom. The maximum absolute atomic E-state index is 12.2. The second-order valence-corrected chi connectivity index (χ2v) is 6.51. The maximum atomic E-state index is 12.2. The molecule has 1 amide bonds.